The molecule has 0 bridgehead atoms. The second-order valence-corrected chi connectivity index (χ2v) is 29.3. The number of furan rings is 2. The Morgan fingerprint density at radius 1 is 0.480 bits per heavy atom. The summed E-state index contributed by atoms with van der Waals surface area (Å²) in [5.41, 5.74) is 20.1. The maximum absolute atomic E-state index is 9.19. The molecule has 488 valence electrons. The second-order valence-electron chi connectivity index (χ2n) is 29.3. The Balaban J connectivity index is 0.00000796. The first-order valence-corrected chi connectivity index (χ1v) is 34.0. The number of aryl methyl sites for hydroxylation is 2. The van der Waals surface area contributed by atoms with Gasteiger partial charge < -0.3 is 22.7 Å². The third kappa shape index (κ3) is 9.63. The Labute approximate surface area is 604 Å². The van der Waals surface area contributed by atoms with E-state index >= 15 is 0 Å². The normalized spacial score (nSPS) is 15.0. The van der Waals surface area contributed by atoms with Gasteiger partial charge in [0.1, 0.15) is 28.1 Å². The minimum absolute atomic E-state index is 0. The summed E-state index contributed by atoms with van der Waals surface area (Å²) in [7, 11) is 0. The molecule has 12 aromatic carbocycles. The van der Waals surface area contributed by atoms with E-state index in [0.717, 1.165) is 151 Å². The molecule has 1 aliphatic carbocycles. The molecule has 0 radical (unpaired) electrons. The van der Waals surface area contributed by atoms with Gasteiger partial charge in [-0.05, 0) is 227 Å². The Bertz CT molecular complexity index is 6520. The van der Waals surface area contributed by atoms with Gasteiger partial charge in [-0.2, -0.15) is 18.2 Å². The summed E-state index contributed by atoms with van der Waals surface area (Å²) < 4.78 is 81.6. The van der Waals surface area contributed by atoms with Crippen LogP contribution in [-0.2, 0) is 37.3 Å². The number of pyridine rings is 1. The monoisotopic (exact) mass is 1480 g/mol. The van der Waals surface area contributed by atoms with Gasteiger partial charge in [-0.1, -0.05) is 175 Å². The van der Waals surface area contributed by atoms with Crippen molar-refractivity contribution in [3.63, 3.8) is 0 Å². The van der Waals surface area contributed by atoms with Gasteiger partial charge in [-0.25, -0.2) is 4.98 Å². The number of aromatic nitrogens is 4. The zero-order chi connectivity index (χ0) is 72.0. The number of hydrogen-bond donors (Lipinski definition) is 0. The maximum Gasteiger partial charge on any atom is 0.268 e. The third-order valence-corrected chi connectivity index (χ3v) is 21.2. The summed E-state index contributed by atoms with van der Waals surface area (Å²) in [5.74, 6) is 1.71. The molecular weight excluding hydrogens is 1400 g/mol. The van der Waals surface area contributed by atoms with Crippen molar-refractivity contribution >= 4 is 76.7 Å². The summed E-state index contributed by atoms with van der Waals surface area (Å²) in [6, 6.07) is 85.6. The molecule has 0 spiro atoms. The van der Waals surface area contributed by atoms with Crippen LogP contribution >= 0.6 is 0 Å². The first kappa shape index (κ1) is 55.1. The summed E-state index contributed by atoms with van der Waals surface area (Å²) in [6.45, 7) is 10.6. The third-order valence-electron chi connectivity index (χ3n) is 21.2. The maximum atomic E-state index is 9.19. The number of ether oxygens (including phenoxy) is 1. The van der Waals surface area contributed by atoms with Crippen molar-refractivity contribution in [2.24, 2.45) is 0 Å². The molecule has 0 atom stereocenters. The van der Waals surface area contributed by atoms with Gasteiger partial charge in [0.05, 0.1) is 16.7 Å². The van der Waals surface area contributed by atoms with Gasteiger partial charge in [0.15, 0.2) is 0 Å². The number of para-hydroxylation sites is 3. The number of hydrogen-bond acceptors (Lipinski definition) is 4. The predicted octanol–water partition coefficient (Wildman–Crippen LogP) is 24.0. The summed E-state index contributed by atoms with van der Waals surface area (Å²) >= 11 is 0. The summed E-state index contributed by atoms with van der Waals surface area (Å²) in [4.78, 5) is 4.95. The van der Waals surface area contributed by atoms with Gasteiger partial charge in [0, 0.05) is 74.0 Å². The van der Waals surface area contributed by atoms with Gasteiger partial charge in [0.2, 0.25) is 0 Å². The van der Waals surface area contributed by atoms with E-state index in [0.29, 0.717) is 33.9 Å². The fourth-order valence-corrected chi connectivity index (χ4v) is 16.0. The Morgan fingerprint density at radius 3 is 1.77 bits per heavy atom. The van der Waals surface area contributed by atoms with Crippen LogP contribution in [0.1, 0.15) is 97.3 Å². The molecule has 0 saturated carbocycles. The molecule has 0 saturated heterocycles. The Kier molecular flexibility index (Phi) is 12.4. The van der Waals surface area contributed by atoms with Crippen molar-refractivity contribution in [3.8, 4) is 95.5 Å². The summed E-state index contributed by atoms with van der Waals surface area (Å²) in [6.07, 6.45) is 7.86. The fourth-order valence-electron chi connectivity index (χ4n) is 16.0. The van der Waals surface area contributed by atoms with E-state index in [1.807, 2.05) is 79.0 Å². The molecule has 0 fully saturated rings. The van der Waals surface area contributed by atoms with Crippen molar-refractivity contribution in [2.45, 2.75) is 91.3 Å². The van der Waals surface area contributed by atoms with Crippen molar-refractivity contribution < 1.29 is 47.4 Å². The second kappa shape index (κ2) is 22.6. The number of nitrogens with zero attached hydrogens (tertiary/aromatic N) is 4. The minimum atomic E-state index is -2.72. The zero-order valence-corrected chi connectivity index (χ0v) is 58.5. The zero-order valence-electron chi connectivity index (χ0n) is 62.3. The van der Waals surface area contributed by atoms with E-state index in [-0.39, 0.29) is 54.0 Å². The van der Waals surface area contributed by atoms with Crippen LogP contribution in [0.3, 0.4) is 0 Å². The van der Waals surface area contributed by atoms with Crippen LogP contribution in [0.15, 0.2) is 246 Å². The minimum Gasteiger partial charge on any atom is -0.510 e. The van der Waals surface area contributed by atoms with Crippen molar-refractivity contribution in [1.29, 1.82) is 0 Å². The molecule has 0 amide bonds. The summed E-state index contributed by atoms with van der Waals surface area (Å²) in [5, 5.41) is 5.89. The fraction of sp³-hybridized carbons (Fsp3) is 0.152. The SMILES string of the molecule is [2H]C([2H])([2H])c1cccc(C([2H])([2H])[2H])c1-c1cc(-c2ccc3oc4ccccc4c3c2)c2c(c1)-c1cc3c(cc1-c1ccccc1-c1cc(-c4ccc5oc6ccccc6c5c4)cc4c1[n+]-2[c-]n4-c1[c-]c(Oc2[c-]c4c(cc2)c2ccccc2n4-c2cc(C(C)(C)C)ccn2)ccc1)C(C)(C)CCC3(C)C.[Pt]. The average Bonchev–Trinajstić information content (AvgIpc) is 1.57. The number of benzene rings is 12. The molecule has 8 heteroatoms. The van der Waals surface area contributed by atoms with Crippen molar-refractivity contribution in [1.82, 2.24) is 14.1 Å². The van der Waals surface area contributed by atoms with E-state index in [1.54, 1.807) is 18.2 Å². The quantitative estimate of drug-likeness (QED) is 0.118. The van der Waals surface area contributed by atoms with Crippen LogP contribution < -0.4 is 9.30 Å². The van der Waals surface area contributed by atoms with Crippen LogP contribution in [0.25, 0.3) is 161 Å². The topological polar surface area (TPSA) is 62.1 Å². The van der Waals surface area contributed by atoms with E-state index in [1.165, 1.54) is 11.1 Å². The van der Waals surface area contributed by atoms with Crippen LogP contribution in [-0.4, -0.2) is 14.1 Å². The average molecular weight is 1480 g/mol. The van der Waals surface area contributed by atoms with E-state index in [9.17, 15) is 8.22 Å². The van der Waals surface area contributed by atoms with E-state index in [4.69, 9.17) is 18.6 Å². The molecule has 0 unspecified atom stereocenters. The van der Waals surface area contributed by atoms with Gasteiger partial charge >= 0.3 is 0 Å². The predicted molar refractivity (Wildman–Crippen MR) is 404 cm³/mol. The number of fused-ring (bicyclic) bond motifs is 17. The molecule has 7 nitrogen and oxygen atoms in total. The standard InChI is InChI=1S/C92H70N4O3.Pt/c1-54-20-18-21-55(2)87(54)59-45-70(57-33-37-85-74(43-57)69-28-14-17-31-83(69)99-85)88-76(46-59)72-52-78-77(91(6,7)39-40-92(78,8)9)51-71(72)64-24-10-11-25-65(64)75-44-58(56-32-36-84-73(42-56)68-27-13-16-30-82(68)98-84)47-81-89(75)95(88)53-94(81)61-22-19-23-62(49-61)97-63-34-35-67-66-26-12-15-29-79(66)96(80(67)50-63)86-48-60(38-41-93-86)90(3,4)5;/h10-38,41-48,51-52H,39-40H2,1-9H3;/q-2;/i1D3,2D3;. The smallest absolute Gasteiger partial charge is 0.268 e. The molecule has 6 heterocycles. The first-order valence-electron chi connectivity index (χ1n) is 37.0. The Morgan fingerprint density at radius 2 is 1.07 bits per heavy atom. The van der Waals surface area contributed by atoms with E-state index < -0.39 is 13.7 Å². The molecule has 100 heavy (non-hydrogen) atoms. The molecule has 0 N–H and O–H groups in total. The van der Waals surface area contributed by atoms with Crippen LogP contribution in [0.2, 0.25) is 0 Å². The van der Waals surface area contributed by atoms with Crippen molar-refractivity contribution in [2.75, 3.05) is 0 Å². The van der Waals surface area contributed by atoms with Gasteiger partial charge in [-0.15, -0.1) is 29.7 Å². The molecular formula is C92H70N4O3Pt-2. The van der Waals surface area contributed by atoms with Crippen LogP contribution in [0, 0.1) is 32.2 Å². The molecule has 5 aromatic heterocycles. The number of rotatable bonds is 7. The van der Waals surface area contributed by atoms with Gasteiger partial charge in [-0.3, -0.25) is 4.57 Å². The van der Waals surface area contributed by atoms with E-state index in [2.05, 4.69) is 220 Å². The molecule has 1 aliphatic heterocycles. The molecule has 19 rings (SSSR count). The molecule has 17 aromatic rings. The van der Waals surface area contributed by atoms with Crippen LogP contribution in [0.5, 0.6) is 11.5 Å². The van der Waals surface area contributed by atoms with Crippen LogP contribution in [0.4, 0.5) is 0 Å². The largest absolute Gasteiger partial charge is 0.510 e. The number of imidazole rings is 1. The first-order chi connectivity index (χ1) is 50.4. The van der Waals surface area contributed by atoms with Gasteiger partial charge in [0.25, 0.3) is 6.33 Å². The molecule has 2 aliphatic rings. The Hall–Kier alpha value is -10.9. The van der Waals surface area contributed by atoms with Crippen molar-refractivity contribution in [3.05, 3.63) is 283 Å².